The van der Waals surface area contributed by atoms with Gasteiger partial charge in [-0.2, -0.15) is 0 Å². The van der Waals surface area contributed by atoms with E-state index in [1.165, 1.54) is 18.2 Å². The molecule has 0 aromatic heterocycles. The van der Waals surface area contributed by atoms with Gasteiger partial charge in [0.2, 0.25) is 5.91 Å². The van der Waals surface area contributed by atoms with E-state index in [1.54, 1.807) is 0 Å². The zero-order valence-corrected chi connectivity index (χ0v) is 13.6. The Balaban J connectivity index is 0.00000200. The Hall–Kier alpha value is -0.420. The number of halogens is 2. The highest BCUT2D eigenvalue weighted by molar-refractivity contribution is 8.00. The van der Waals surface area contributed by atoms with E-state index in [0.717, 1.165) is 24.3 Å². The summed E-state index contributed by atoms with van der Waals surface area (Å²) in [6, 6.07) is 7.83. The first-order valence-corrected chi connectivity index (χ1v) is 7.95. The molecule has 1 fully saturated rings. The normalized spacial score (nSPS) is 18.5. The molecule has 0 bridgehead atoms. The van der Waals surface area contributed by atoms with Crippen molar-refractivity contribution < 1.29 is 4.79 Å². The van der Waals surface area contributed by atoms with Gasteiger partial charge in [0.1, 0.15) is 0 Å². The third-order valence-electron chi connectivity index (χ3n) is 3.41. The predicted octanol–water partition coefficient (Wildman–Crippen LogP) is 3.19. The molecule has 2 rings (SSSR count). The molecule has 0 aliphatic carbocycles. The molecular weight excluding hydrogens is 315 g/mol. The van der Waals surface area contributed by atoms with Gasteiger partial charge in [-0.15, -0.1) is 24.2 Å². The fourth-order valence-corrected chi connectivity index (χ4v) is 3.48. The summed E-state index contributed by atoms with van der Waals surface area (Å²) in [5.41, 5.74) is 5.74. The van der Waals surface area contributed by atoms with Crippen molar-refractivity contribution in [3.05, 3.63) is 29.3 Å². The molecular formula is C14H20Cl2N2OS. The summed E-state index contributed by atoms with van der Waals surface area (Å²) in [4.78, 5) is 15.2. The van der Waals surface area contributed by atoms with Gasteiger partial charge in [-0.25, -0.2) is 0 Å². The third kappa shape index (κ3) is 4.55. The van der Waals surface area contributed by atoms with Crippen LogP contribution in [0, 0.1) is 0 Å². The van der Waals surface area contributed by atoms with E-state index < -0.39 is 0 Å². The Morgan fingerprint density at radius 3 is 2.85 bits per heavy atom. The van der Waals surface area contributed by atoms with Crippen molar-refractivity contribution in [1.82, 2.24) is 4.90 Å². The summed E-state index contributed by atoms with van der Waals surface area (Å²) in [6.45, 7) is 1.40. The van der Waals surface area contributed by atoms with Crippen molar-refractivity contribution in [2.24, 2.45) is 5.73 Å². The number of amides is 1. The number of carbonyl (C=O) groups is 1. The Morgan fingerprint density at radius 1 is 1.40 bits per heavy atom. The molecule has 1 aliphatic rings. The Morgan fingerprint density at radius 2 is 2.15 bits per heavy atom. The van der Waals surface area contributed by atoms with Crippen molar-refractivity contribution in [3.63, 3.8) is 0 Å². The van der Waals surface area contributed by atoms with Crippen LogP contribution in [-0.4, -0.2) is 35.7 Å². The minimum atomic E-state index is 0. The lowest BCUT2D eigenvalue weighted by atomic mass is 10.0. The predicted molar refractivity (Wildman–Crippen MR) is 87.8 cm³/mol. The molecule has 112 valence electrons. The number of hydrogen-bond donors (Lipinski definition) is 1. The van der Waals surface area contributed by atoms with Gasteiger partial charge >= 0.3 is 0 Å². The Bertz CT molecular complexity index is 445. The molecule has 1 unspecified atom stereocenters. The number of likely N-dealkylation sites (tertiary alicyclic amines) is 1. The molecule has 0 saturated carbocycles. The molecule has 0 spiro atoms. The largest absolute Gasteiger partial charge is 0.338 e. The quantitative estimate of drug-likeness (QED) is 0.860. The van der Waals surface area contributed by atoms with Crippen LogP contribution >= 0.6 is 35.8 Å². The number of hydrogen-bond acceptors (Lipinski definition) is 3. The summed E-state index contributed by atoms with van der Waals surface area (Å²) in [7, 11) is 0. The lowest BCUT2D eigenvalue weighted by Gasteiger charge is -2.35. The summed E-state index contributed by atoms with van der Waals surface area (Å²) < 4.78 is 0. The van der Waals surface area contributed by atoms with Gasteiger partial charge < -0.3 is 10.6 Å². The number of nitrogens with two attached hydrogens (primary N) is 1. The van der Waals surface area contributed by atoms with Gasteiger partial charge in [0.05, 0.1) is 10.8 Å². The number of rotatable bonds is 4. The monoisotopic (exact) mass is 334 g/mol. The maximum absolute atomic E-state index is 12.3. The van der Waals surface area contributed by atoms with Gasteiger partial charge in [0.25, 0.3) is 0 Å². The molecule has 20 heavy (non-hydrogen) atoms. The topological polar surface area (TPSA) is 46.3 Å². The van der Waals surface area contributed by atoms with Crippen molar-refractivity contribution in [1.29, 1.82) is 0 Å². The van der Waals surface area contributed by atoms with E-state index in [4.69, 9.17) is 17.3 Å². The van der Waals surface area contributed by atoms with Gasteiger partial charge in [0, 0.05) is 24.0 Å². The van der Waals surface area contributed by atoms with Crippen LogP contribution in [0.1, 0.15) is 19.3 Å². The first kappa shape index (κ1) is 17.6. The smallest absolute Gasteiger partial charge is 0.233 e. The zero-order chi connectivity index (χ0) is 13.7. The van der Waals surface area contributed by atoms with Gasteiger partial charge in [0.15, 0.2) is 0 Å². The minimum absolute atomic E-state index is 0. The van der Waals surface area contributed by atoms with E-state index in [2.05, 4.69) is 0 Å². The van der Waals surface area contributed by atoms with Gasteiger partial charge in [-0.1, -0.05) is 23.7 Å². The molecule has 3 nitrogen and oxygen atoms in total. The first-order valence-electron chi connectivity index (χ1n) is 6.59. The molecule has 1 aliphatic heterocycles. The molecule has 2 N–H and O–H groups in total. The molecule has 1 heterocycles. The SMILES string of the molecule is Cl.NCC1CCCCN1C(=O)CSc1ccccc1Cl. The average molecular weight is 335 g/mol. The highest BCUT2D eigenvalue weighted by Gasteiger charge is 2.25. The third-order valence-corrected chi connectivity index (χ3v) is 4.91. The van der Waals surface area contributed by atoms with E-state index in [0.29, 0.717) is 17.3 Å². The second-order valence-electron chi connectivity index (χ2n) is 4.69. The summed E-state index contributed by atoms with van der Waals surface area (Å²) >= 11 is 7.58. The lowest BCUT2D eigenvalue weighted by Crippen LogP contribution is -2.48. The minimum Gasteiger partial charge on any atom is -0.338 e. The fourth-order valence-electron chi connectivity index (χ4n) is 2.36. The lowest BCUT2D eigenvalue weighted by molar-refractivity contribution is -0.131. The molecule has 1 aromatic carbocycles. The molecule has 1 aromatic rings. The standard InChI is InChI=1S/C14H19ClN2OS.ClH/c15-12-6-1-2-7-13(12)19-10-14(18)17-8-4-3-5-11(17)9-16;/h1-2,6-7,11H,3-5,8-10,16H2;1H. The number of piperidine rings is 1. The second kappa shape index (κ2) is 8.78. The Labute approximate surface area is 135 Å². The van der Waals surface area contributed by atoms with Crippen LogP contribution in [0.3, 0.4) is 0 Å². The van der Waals surface area contributed by atoms with Crippen molar-refractivity contribution >= 4 is 41.7 Å². The van der Waals surface area contributed by atoms with Gasteiger partial charge in [-0.05, 0) is 31.4 Å². The van der Waals surface area contributed by atoms with Crippen LogP contribution < -0.4 is 5.73 Å². The Kier molecular flexibility index (Phi) is 7.74. The maximum Gasteiger partial charge on any atom is 0.233 e. The van der Waals surface area contributed by atoms with Crippen LogP contribution in [-0.2, 0) is 4.79 Å². The zero-order valence-electron chi connectivity index (χ0n) is 11.3. The number of nitrogens with zero attached hydrogens (tertiary/aromatic N) is 1. The average Bonchev–Trinajstić information content (AvgIpc) is 2.46. The summed E-state index contributed by atoms with van der Waals surface area (Å²) in [6.07, 6.45) is 3.28. The highest BCUT2D eigenvalue weighted by Crippen LogP contribution is 2.27. The second-order valence-corrected chi connectivity index (χ2v) is 6.12. The highest BCUT2D eigenvalue weighted by atomic mass is 35.5. The van der Waals surface area contributed by atoms with Crippen LogP contribution in [0.15, 0.2) is 29.2 Å². The molecule has 1 atom stereocenters. The van der Waals surface area contributed by atoms with Crippen molar-refractivity contribution in [2.45, 2.75) is 30.2 Å². The van der Waals surface area contributed by atoms with E-state index in [-0.39, 0.29) is 24.4 Å². The van der Waals surface area contributed by atoms with Crippen molar-refractivity contribution in [3.8, 4) is 0 Å². The molecule has 1 saturated heterocycles. The number of thioether (sulfide) groups is 1. The summed E-state index contributed by atoms with van der Waals surface area (Å²) in [5.74, 6) is 0.598. The van der Waals surface area contributed by atoms with Crippen LogP contribution in [0.5, 0.6) is 0 Å². The molecule has 1 amide bonds. The fraction of sp³-hybridized carbons (Fsp3) is 0.500. The van der Waals surface area contributed by atoms with Crippen LogP contribution in [0.4, 0.5) is 0 Å². The molecule has 0 radical (unpaired) electrons. The van der Waals surface area contributed by atoms with E-state index in [9.17, 15) is 4.79 Å². The van der Waals surface area contributed by atoms with Crippen LogP contribution in [0.2, 0.25) is 5.02 Å². The number of benzene rings is 1. The maximum atomic E-state index is 12.3. The van der Waals surface area contributed by atoms with Crippen molar-refractivity contribution in [2.75, 3.05) is 18.8 Å². The van der Waals surface area contributed by atoms with Crippen LogP contribution in [0.25, 0.3) is 0 Å². The molecule has 6 heteroatoms. The van der Waals surface area contributed by atoms with E-state index in [1.807, 2.05) is 29.2 Å². The summed E-state index contributed by atoms with van der Waals surface area (Å²) in [5, 5.41) is 0.703. The van der Waals surface area contributed by atoms with E-state index >= 15 is 0 Å². The van der Waals surface area contributed by atoms with Gasteiger partial charge in [-0.3, -0.25) is 4.79 Å². The number of carbonyl (C=O) groups excluding carboxylic acids is 1. The first-order chi connectivity index (χ1) is 9.22.